The first kappa shape index (κ1) is 14.9. The number of alkyl halides is 1. The van der Waals surface area contributed by atoms with Crippen molar-refractivity contribution in [1.29, 1.82) is 5.26 Å². The fourth-order valence-electron chi connectivity index (χ4n) is 1.64. The first-order chi connectivity index (χ1) is 10.0. The summed E-state index contributed by atoms with van der Waals surface area (Å²) in [7, 11) is 0. The molecule has 0 amide bonds. The number of hydrogen-bond donors (Lipinski definition) is 0. The third-order valence-electron chi connectivity index (χ3n) is 2.66. The fourth-order valence-corrected chi connectivity index (χ4v) is 1.99. The number of nitriles is 1. The molecule has 0 N–H and O–H groups in total. The Hall–Kier alpha value is -2.46. The van der Waals surface area contributed by atoms with Gasteiger partial charge in [-0.3, -0.25) is 10.1 Å². The van der Waals surface area contributed by atoms with Gasteiger partial charge in [-0.2, -0.15) is 5.26 Å². The van der Waals surface area contributed by atoms with Gasteiger partial charge < -0.3 is 4.74 Å². The van der Waals surface area contributed by atoms with E-state index < -0.39 is 16.4 Å². The molecule has 0 radical (unpaired) electrons. The molecule has 0 fully saturated rings. The molecule has 0 aliphatic heterocycles. The van der Waals surface area contributed by atoms with Gasteiger partial charge in [0.15, 0.2) is 11.6 Å². The number of ether oxygens (including phenoxy) is 1. The first-order valence-corrected chi connectivity index (χ1v) is 6.88. The van der Waals surface area contributed by atoms with Gasteiger partial charge in [-0.05, 0) is 29.8 Å². The molecule has 0 bridgehead atoms. The molecule has 0 spiro atoms. The van der Waals surface area contributed by atoms with Crippen LogP contribution in [0, 0.1) is 27.3 Å². The Morgan fingerprint density at radius 3 is 2.57 bits per heavy atom. The topological polar surface area (TPSA) is 76.2 Å². The predicted molar refractivity (Wildman–Crippen MR) is 76.9 cm³/mol. The summed E-state index contributed by atoms with van der Waals surface area (Å²) in [5.41, 5.74) is 0.455. The van der Waals surface area contributed by atoms with Gasteiger partial charge in [0.1, 0.15) is 0 Å². The lowest BCUT2D eigenvalue weighted by molar-refractivity contribution is -0.385. The van der Waals surface area contributed by atoms with Crippen molar-refractivity contribution < 1.29 is 14.1 Å². The molecular formula is C14H8BrFN2O3. The van der Waals surface area contributed by atoms with Crippen molar-refractivity contribution in [3.8, 4) is 17.6 Å². The molecule has 0 unspecified atom stereocenters. The number of halogens is 2. The third-order valence-corrected chi connectivity index (χ3v) is 3.30. The van der Waals surface area contributed by atoms with E-state index in [9.17, 15) is 14.5 Å². The van der Waals surface area contributed by atoms with E-state index in [4.69, 9.17) is 10.00 Å². The van der Waals surface area contributed by atoms with E-state index in [0.29, 0.717) is 10.9 Å². The standard InChI is InChI=1S/C14H8BrFN2O3/c15-7-9-1-3-13(11(16)5-9)21-14-4-2-10(8-17)6-12(14)18(19)20/h1-6H,7H2. The van der Waals surface area contributed by atoms with E-state index >= 15 is 0 Å². The van der Waals surface area contributed by atoms with Crippen molar-refractivity contribution in [3.63, 3.8) is 0 Å². The maximum absolute atomic E-state index is 13.8. The average Bonchev–Trinajstić information content (AvgIpc) is 2.49. The smallest absolute Gasteiger partial charge is 0.312 e. The molecule has 0 aromatic heterocycles. The van der Waals surface area contributed by atoms with Crippen LogP contribution in [-0.2, 0) is 5.33 Å². The van der Waals surface area contributed by atoms with E-state index in [1.807, 2.05) is 0 Å². The Bertz CT molecular complexity index is 743. The van der Waals surface area contributed by atoms with Crippen LogP contribution in [-0.4, -0.2) is 4.92 Å². The summed E-state index contributed by atoms with van der Waals surface area (Å²) in [5, 5.41) is 20.2. The monoisotopic (exact) mass is 350 g/mol. The van der Waals surface area contributed by atoms with Crippen molar-refractivity contribution in [1.82, 2.24) is 0 Å². The van der Waals surface area contributed by atoms with Gasteiger partial charge in [0, 0.05) is 11.4 Å². The molecule has 106 valence electrons. The molecule has 0 aliphatic carbocycles. The summed E-state index contributed by atoms with van der Waals surface area (Å²) in [5.74, 6) is -0.859. The fraction of sp³-hybridized carbons (Fsp3) is 0.0714. The predicted octanol–water partition coefficient (Wildman–Crippen LogP) is 4.29. The lowest BCUT2D eigenvalue weighted by Crippen LogP contribution is -1.96. The summed E-state index contributed by atoms with van der Waals surface area (Å²) >= 11 is 3.20. The Kier molecular flexibility index (Phi) is 4.50. The molecule has 7 heteroatoms. The molecule has 0 atom stereocenters. The summed E-state index contributed by atoms with van der Waals surface area (Å²) in [6.45, 7) is 0. The van der Waals surface area contributed by atoms with Gasteiger partial charge in [0.2, 0.25) is 5.75 Å². The lowest BCUT2D eigenvalue weighted by atomic mass is 10.2. The molecule has 5 nitrogen and oxygen atoms in total. The zero-order valence-corrected chi connectivity index (χ0v) is 12.1. The van der Waals surface area contributed by atoms with E-state index in [2.05, 4.69) is 15.9 Å². The third kappa shape index (κ3) is 3.35. The van der Waals surface area contributed by atoms with Gasteiger partial charge in [-0.15, -0.1) is 0 Å². The van der Waals surface area contributed by atoms with Gasteiger partial charge in [-0.1, -0.05) is 22.0 Å². The normalized spacial score (nSPS) is 9.95. The summed E-state index contributed by atoms with van der Waals surface area (Å²) in [6.07, 6.45) is 0. The van der Waals surface area contributed by atoms with Crippen LogP contribution < -0.4 is 4.74 Å². The minimum atomic E-state index is -0.680. The van der Waals surface area contributed by atoms with Crippen LogP contribution in [0.2, 0.25) is 0 Å². The van der Waals surface area contributed by atoms with Gasteiger partial charge in [0.25, 0.3) is 0 Å². The van der Waals surface area contributed by atoms with Crippen LogP contribution in [0.4, 0.5) is 10.1 Å². The van der Waals surface area contributed by atoms with Crippen molar-refractivity contribution in [2.45, 2.75) is 5.33 Å². The SMILES string of the molecule is N#Cc1ccc(Oc2ccc(CBr)cc2F)c([N+](=O)[O-])c1. The summed E-state index contributed by atoms with van der Waals surface area (Å²) < 4.78 is 19.1. The van der Waals surface area contributed by atoms with Crippen molar-refractivity contribution >= 4 is 21.6 Å². The number of benzene rings is 2. The minimum Gasteiger partial charge on any atom is -0.447 e. The number of nitro groups is 1. The quantitative estimate of drug-likeness (QED) is 0.468. The molecule has 2 aromatic rings. The summed E-state index contributed by atoms with van der Waals surface area (Å²) in [4.78, 5) is 10.3. The second kappa shape index (κ2) is 6.33. The summed E-state index contributed by atoms with van der Waals surface area (Å²) in [6, 6.07) is 9.84. The maximum atomic E-state index is 13.8. The Morgan fingerprint density at radius 1 is 1.29 bits per heavy atom. The highest BCUT2D eigenvalue weighted by Gasteiger charge is 2.18. The van der Waals surface area contributed by atoms with Crippen LogP contribution in [0.1, 0.15) is 11.1 Å². The number of nitro benzene ring substituents is 1. The molecule has 2 rings (SSSR count). The second-order valence-corrected chi connectivity index (χ2v) is 4.61. The highest BCUT2D eigenvalue weighted by molar-refractivity contribution is 9.08. The average molecular weight is 351 g/mol. The van der Waals surface area contributed by atoms with E-state index in [1.54, 1.807) is 12.1 Å². The van der Waals surface area contributed by atoms with Gasteiger partial charge in [0.05, 0.1) is 16.6 Å². The van der Waals surface area contributed by atoms with Crippen LogP contribution >= 0.6 is 15.9 Å². The zero-order valence-electron chi connectivity index (χ0n) is 10.5. The number of nitrogens with zero attached hydrogens (tertiary/aromatic N) is 2. The van der Waals surface area contributed by atoms with Gasteiger partial charge >= 0.3 is 5.69 Å². The number of rotatable bonds is 4. The van der Waals surface area contributed by atoms with Crippen LogP contribution in [0.5, 0.6) is 11.5 Å². The Balaban J connectivity index is 2.40. The van der Waals surface area contributed by atoms with E-state index in [0.717, 1.165) is 6.07 Å². The molecule has 0 aliphatic rings. The van der Waals surface area contributed by atoms with E-state index in [1.165, 1.54) is 24.3 Å². The van der Waals surface area contributed by atoms with Crippen LogP contribution in [0.15, 0.2) is 36.4 Å². The molecule has 0 saturated carbocycles. The largest absolute Gasteiger partial charge is 0.447 e. The Morgan fingerprint density at radius 2 is 2.00 bits per heavy atom. The molecule has 21 heavy (non-hydrogen) atoms. The van der Waals surface area contributed by atoms with Gasteiger partial charge in [-0.25, -0.2) is 4.39 Å². The molecule has 0 saturated heterocycles. The van der Waals surface area contributed by atoms with Crippen LogP contribution in [0.25, 0.3) is 0 Å². The van der Waals surface area contributed by atoms with Crippen molar-refractivity contribution in [2.24, 2.45) is 0 Å². The zero-order chi connectivity index (χ0) is 15.4. The molecular weight excluding hydrogens is 343 g/mol. The Labute approximate surface area is 127 Å². The number of hydrogen-bond acceptors (Lipinski definition) is 4. The van der Waals surface area contributed by atoms with Crippen molar-refractivity contribution in [2.75, 3.05) is 0 Å². The van der Waals surface area contributed by atoms with E-state index in [-0.39, 0.29) is 17.1 Å². The minimum absolute atomic E-state index is 0.118. The van der Waals surface area contributed by atoms with Crippen LogP contribution in [0.3, 0.4) is 0 Å². The van der Waals surface area contributed by atoms with Crippen molar-refractivity contribution in [3.05, 3.63) is 63.5 Å². The molecule has 0 heterocycles. The second-order valence-electron chi connectivity index (χ2n) is 4.05. The maximum Gasteiger partial charge on any atom is 0.312 e. The first-order valence-electron chi connectivity index (χ1n) is 5.76. The molecule has 2 aromatic carbocycles. The highest BCUT2D eigenvalue weighted by Crippen LogP contribution is 2.33. The lowest BCUT2D eigenvalue weighted by Gasteiger charge is -2.08. The highest BCUT2D eigenvalue weighted by atomic mass is 79.9.